The van der Waals surface area contributed by atoms with E-state index < -0.39 is 0 Å². The number of carbonyl (C=O) groups excluding carboxylic acids is 2. The molecule has 0 saturated carbocycles. The van der Waals surface area contributed by atoms with Gasteiger partial charge in [-0.3, -0.25) is 9.69 Å². The molecule has 7 heteroatoms. The number of amides is 3. The molecule has 2 heterocycles. The normalized spacial score (nSPS) is 18.0. The van der Waals surface area contributed by atoms with Gasteiger partial charge >= 0.3 is 6.03 Å². The molecular formula is C23H27N3O3S. The van der Waals surface area contributed by atoms with Gasteiger partial charge in [-0.05, 0) is 43.0 Å². The lowest BCUT2D eigenvalue weighted by molar-refractivity contribution is -0.116. The number of nitrogens with zero attached hydrogens (tertiary/aromatic N) is 2. The van der Waals surface area contributed by atoms with Crippen molar-refractivity contribution in [3.05, 3.63) is 54.1 Å². The summed E-state index contributed by atoms with van der Waals surface area (Å²) in [4.78, 5) is 29.1. The first kappa shape index (κ1) is 20.6. The zero-order chi connectivity index (χ0) is 21.1. The van der Waals surface area contributed by atoms with Gasteiger partial charge in [0.1, 0.15) is 5.75 Å². The Morgan fingerprint density at radius 2 is 1.93 bits per heavy atom. The smallest absolute Gasteiger partial charge is 0.321 e. The Morgan fingerprint density at radius 3 is 2.67 bits per heavy atom. The number of carbonyl (C=O) groups is 2. The predicted octanol–water partition coefficient (Wildman–Crippen LogP) is 4.36. The quantitative estimate of drug-likeness (QED) is 0.791. The molecule has 30 heavy (non-hydrogen) atoms. The minimum Gasteiger partial charge on any atom is -0.497 e. The lowest BCUT2D eigenvalue weighted by Gasteiger charge is -2.44. The summed E-state index contributed by atoms with van der Waals surface area (Å²) in [6.45, 7) is 3.30. The van der Waals surface area contributed by atoms with Crippen molar-refractivity contribution in [2.24, 2.45) is 0 Å². The Bertz CT molecular complexity index is 941. The molecule has 2 aromatic rings. The van der Waals surface area contributed by atoms with Gasteiger partial charge in [0, 0.05) is 30.5 Å². The average Bonchev–Trinajstić information content (AvgIpc) is 3.10. The fourth-order valence-corrected chi connectivity index (χ4v) is 5.58. The average molecular weight is 426 g/mol. The minimum atomic E-state index is -0.304. The first-order chi connectivity index (χ1) is 14.6. The molecule has 6 nitrogen and oxygen atoms in total. The van der Waals surface area contributed by atoms with Crippen LogP contribution in [0.1, 0.15) is 25.3 Å². The number of piperidine rings is 1. The summed E-state index contributed by atoms with van der Waals surface area (Å²) in [5, 5.41) is 3.06. The van der Waals surface area contributed by atoms with Gasteiger partial charge < -0.3 is 15.0 Å². The minimum absolute atomic E-state index is 0.0759. The van der Waals surface area contributed by atoms with Crippen molar-refractivity contribution in [1.29, 1.82) is 0 Å². The summed E-state index contributed by atoms with van der Waals surface area (Å²) in [6, 6.07) is 15.5. The second-order valence-electron chi connectivity index (χ2n) is 7.59. The molecule has 2 aromatic carbocycles. The number of hydrogen-bond acceptors (Lipinski definition) is 4. The highest BCUT2D eigenvalue weighted by Gasteiger charge is 2.49. The van der Waals surface area contributed by atoms with E-state index in [2.05, 4.69) is 12.2 Å². The Morgan fingerprint density at radius 1 is 1.17 bits per heavy atom. The van der Waals surface area contributed by atoms with E-state index in [0.717, 1.165) is 42.0 Å². The zero-order valence-corrected chi connectivity index (χ0v) is 18.2. The number of methoxy groups -OCH3 is 1. The lowest BCUT2D eigenvalue weighted by atomic mass is 10.0. The lowest BCUT2D eigenvalue weighted by Crippen LogP contribution is -2.53. The van der Waals surface area contributed by atoms with Crippen LogP contribution in [0, 0.1) is 0 Å². The van der Waals surface area contributed by atoms with Crippen molar-refractivity contribution in [1.82, 2.24) is 4.90 Å². The number of para-hydroxylation sites is 1. The van der Waals surface area contributed by atoms with Crippen LogP contribution in [0.15, 0.2) is 48.5 Å². The third-order valence-corrected chi connectivity index (χ3v) is 7.42. The maximum atomic E-state index is 12.8. The molecule has 1 N–H and O–H groups in total. The first-order valence-corrected chi connectivity index (χ1v) is 11.3. The predicted molar refractivity (Wildman–Crippen MR) is 121 cm³/mol. The van der Waals surface area contributed by atoms with Crippen molar-refractivity contribution >= 4 is 35.1 Å². The number of aryl methyl sites for hydroxylation is 1. The van der Waals surface area contributed by atoms with E-state index in [4.69, 9.17) is 4.74 Å². The molecule has 2 aliphatic rings. The second kappa shape index (κ2) is 8.60. The largest absolute Gasteiger partial charge is 0.497 e. The molecule has 2 saturated heterocycles. The van der Waals surface area contributed by atoms with Gasteiger partial charge in [0.15, 0.2) is 0 Å². The standard InChI is InChI=1S/C23H27N3O3S/c1-3-17-7-4-5-10-20(17)24-22(28)25-13-11-23(12-14-25)26(21(27)16-30-23)18-8-6-9-19(15-18)29-2/h4-10,15H,3,11-14,16H2,1-2H3,(H,24,28). The summed E-state index contributed by atoms with van der Waals surface area (Å²) in [5.41, 5.74) is 2.85. The topological polar surface area (TPSA) is 61.9 Å². The van der Waals surface area contributed by atoms with E-state index in [0.29, 0.717) is 18.8 Å². The zero-order valence-electron chi connectivity index (χ0n) is 17.4. The van der Waals surface area contributed by atoms with E-state index in [1.165, 1.54) is 0 Å². The Hall–Kier alpha value is -2.67. The van der Waals surface area contributed by atoms with Gasteiger partial charge in [-0.2, -0.15) is 0 Å². The van der Waals surface area contributed by atoms with Crippen LogP contribution in [0.5, 0.6) is 5.75 Å². The van der Waals surface area contributed by atoms with E-state index >= 15 is 0 Å². The number of anilines is 2. The highest BCUT2D eigenvalue weighted by atomic mass is 32.2. The summed E-state index contributed by atoms with van der Waals surface area (Å²) in [7, 11) is 1.63. The summed E-state index contributed by atoms with van der Waals surface area (Å²) in [5.74, 6) is 1.31. The van der Waals surface area contributed by atoms with Gasteiger partial charge in [-0.25, -0.2) is 4.79 Å². The number of ether oxygens (including phenoxy) is 1. The Balaban J connectivity index is 1.47. The summed E-state index contributed by atoms with van der Waals surface area (Å²) >= 11 is 1.69. The second-order valence-corrected chi connectivity index (χ2v) is 8.93. The van der Waals surface area contributed by atoms with Crippen molar-refractivity contribution in [3.8, 4) is 5.75 Å². The maximum Gasteiger partial charge on any atom is 0.321 e. The van der Waals surface area contributed by atoms with Crippen LogP contribution in [0.4, 0.5) is 16.2 Å². The molecule has 158 valence electrons. The molecule has 0 aliphatic carbocycles. The number of likely N-dealkylation sites (tertiary alicyclic amines) is 1. The number of hydrogen-bond donors (Lipinski definition) is 1. The van der Waals surface area contributed by atoms with Gasteiger partial charge in [0.2, 0.25) is 5.91 Å². The molecule has 0 bridgehead atoms. The third-order valence-electron chi connectivity index (χ3n) is 5.90. The molecule has 0 aromatic heterocycles. The van der Waals surface area contributed by atoms with E-state index in [1.807, 2.05) is 58.3 Å². The number of thioether (sulfide) groups is 1. The maximum absolute atomic E-state index is 12.8. The molecule has 1 spiro atoms. The molecule has 4 rings (SSSR count). The van der Waals surface area contributed by atoms with Crippen LogP contribution in [0.2, 0.25) is 0 Å². The summed E-state index contributed by atoms with van der Waals surface area (Å²) in [6.07, 6.45) is 2.35. The Kier molecular flexibility index (Phi) is 5.90. The van der Waals surface area contributed by atoms with E-state index in [1.54, 1.807) is 18.9 Å². The van der Waals surface area contributed by atoms with Crippen LogP contribution >= 0.6 is 11.8 Å². The van der Waals surface area contributed by atoms with Gasteiger partial charge in [-0.1, -0.05) is 31.2 Å². The molecule has 0 unspecified atom stereocenters. The van der Waals surface area contributed by atoms with E-state index in [9.17, 15) is 9.59 Å². The van der Waals surface area contributed by atoms with Crippen LogP contribution in [-0.2, 0) is 11.2 Å². The monoisotopic (exact) mass is 425 g/mol. The third kappa shape index (κ3) is 3.86. The van der Waals surface area contributed by atoms with Gasteiger partial charge in [-0.15, -0.1) is 11.8 Å². The van der Waals surface area contributed by atoms with Gasteiger partial charge in [0.25, 0.3) is 0 Å². The molecule has 0 radical (unpaired) electrons. The van der Waals surface area contributed by atoms with Crippen LogP contribution in [-0.4, -0.2) is 47.7 Å². The molecular weight excluding hydrogens is 398 g/mol. The van der Waals surface area contributed by atoms with Crippen LogP contribution < -0.4 is 15.0 Å². The van der Waals surface area contributed by atoms with Crippen molar-refractivity contribution in [2.75, 3.05) is 36.2 Å². The Labute approximate surface area is 181 Å². The number of nitrogens with one attached hydrogen (secondary N) is 1. The molecule has 0 atom stereocenters. The fraction of sp³-hybridized carbons (Fsp3) is 0.391. The van der Waals surface area contributed by atoms with Crippen LogP contribution in [0.25, 0.3) is 0 Å². The van der Waals surface area contributed by atoms with E-state index in [-0.39, 0.29) is 16.8 Å². The summed E-state index contributed by atoms with van der Waals surface area (Å²) < 4.78 is 5.34. The van der Waals surface area contributed by atoms with Crippen molar-refractivity contribution in [3.63, 3.8) is 0 Å². The highest BCUT2D eigenvalue weighted by molar-refractivity contribution is 8.02. The molecule has 3 amide bonds. The number of urea groups is 1. The SMILES string of the molecule is CCc1ccccc1NC(=O)N1CCC2(CC1)SCC(=O)N2c1cccc(OC)c1. The molecule has 2 fully saturated rings. The highest BCUT2D eigenvalue weighted by Crippen LogP contribution is 2.47. The first-order valence-electron chi connectivity index (χ1n) is 10.3. The van der Waals surface area contributed by atoms with Gasteiger partial charge in [0.05, 0.1) is 17.7 Å². The number of benzene rings is 2. The number of rotatable bonds is 4. The van der Waals surface area contributed by atoms with Crippen molar-refractivity contribution < 1.29 is 14.3 Å². The fourth-order valence-electron chi connectivity index (χ4n) is 4.25. The van der Waals surface area contributed by atoms with Crippen LogP contribution in [0.3, 0.4) is 0 Å². The van der Waals surface area contributed by atoms with Crippen molar-refractivity contribution in [2.45, 2.75) is 31.1 Å². The molecule has 2 aliphatic heterocycles.